The van der Waals surface area contributed by atoms with Gasteiger partial charge < -0.3 is 9.80 Å². The summed E-state index contributed by atoms with van der Waals surface area (Å²) in [6, 6.07) is 136. The molecule has 0 fully saturated rings. The Hall–Kier alpha value is -12.4. The summed E-state index contributed by atoms with van der Waals surface area (Å²) in [7, 11) is 0. The number of thiophene rings is 2. The van der Waals surface area contributed by atoms with E-state index in [1.165, 1.54) is 116 Å². The number of nitrogens with zero attached hydrogens (tertiary/aromatic N) is 2. The summed E-state index contributed by atoms with van der Waals surface area (Å²) < 4.78 is 5.03. The molecule has 2 aromatic heterocycles. The van der Waals surface area contributed by atoms with E-state index in [9.17, 15) is 0 Å². The number of anilines is 6. The van der Waals surface area contributed by atoms with Crippen LogP contribution in [0.25, 0.3) is 161 Å². The first-order valence-corrected chi connectivity index (χ1v) is 35.9. The molecule has 18 aromatic carbocycles. The van der Waals surface area contributed by atoms with Crippen molar-refractivity contribution in [2.75, 3.05) is 9.80 Å². The minimum atomic E-state index is 1.07. The molecule has 0 N–H and O–H groups in total. The highest BCUT2D eigenvalue weighted by Gasteiger charge is 2.28. The van der Waals surface area contributed by atoms with Gasteiger partial charge in [-0.3, -0.25) is 0 Å². The normalized spacial score (nSPS) is 11.8. The maximum absolute atomic E-state index is 2.59. The number of rotatable bonds is 11. The highest BCUT2D eigenvalue weighted by Crippen LogP contribution is 2.54. The standard InChI is InChI=1S/C96H60N2S2/c1-5-30-68-61(24-1)28-21-42-74(68)78-38-13-17-45-88(78)97(67-52-55-95-87(60-67)81-41-16-19-48-93(81)99-95)90-53-50-63(56-85(90)83-58-65-26-3-7-32-70(65)72-34-9-11-36-76(72)83)64-51-54-91(86(57-64)84-59-66-27-4-8-33-71(66)73-35-10-12-37-77(73)84)98(92-47-23-44-82-80-40-15-20-49-94(80)100-96(82)92)89-46-18-14-39-79(89)75-43-22-29-62-25-2-6-31-69(62)75/h1-60H. The summed E-state index contributed by atoms with van der Waals surface area (Å²) in [5.74, 6) is 0. The summed E-state index contributed by atoms with van der Waals surface area (Å²) in [6.07, 6.45) is 0. The van der Waals surface area contributed by atoms with Crippen molar-refractivity contribution in [3.05, 3.63) is 364 Å². The second kappa shape index (κ2) is 23.7. The smallest absolute Gasteiger partial charge is 0.0640 e. The van der Waals surface area contributed by atoms with Gasteiger partial charge in [-0.1, -0.05) is 279 Å². The number of para-hydroxylation sites is 2. The lowest BCUT2D eigenvalue weighted by Gasteiger charge is -2.32. The summed E-state index contributed by atoms with van der Waals surface area (Å²) >= 11 is 3.73. The maximum Gasteiger partial charge on any atom is 0.0640 e. The minimum Gasteiger partial charge on any atom is -0.309 e. The van der Waals surface area contributed by atoms with Gasteiger partial charge in [-0.05, 0) is 183 Å². The highest BCUT2D eigenvalue weighted by atomic mass is 32.1. The summed E-state index contributed by atoms with van der Waals surface area (Å²) in [6.45, 7) is 0. The molecule has 4 heteroatoms. The third kappa shape index (κ3) is 9.44. The van der Waals surface area contributed by atoms with Crippen molar-refractivity contribution >= 4 is 162 Å². The molecule has 0 unspecified atom stereocenters. The van der Waals surface area contributed by atoms with Gasteiger partial charge in [0, 0.05) is 63.6 Å². The third-order valence-electron chi connectivity index (χ3n) is 20.6. The van der Waals surface area contributed by atoms with E-state index >= 15 is 0 Å². The molecule has 20 rings (SSSR count). The van der Waals surface area contributed by atoms with Gasteiger partial charge in [0.05, 0.1) is 33.1 Å². The van der Waals surface area contributed by atoms with Crippen LogP contribution in [0.3, 0.4) is 0 Å². The van der Waals surface area contributed by atoms with E-state index in [0.717, 1.165) is 78.6 Å². The van der Waals surface area contributed by atoms with E-state index in [1.807, 2.05) is 22.7 Å². The predicted molar refractivity (Wildman–Crippen MR) is 434 cm³/mol. The van der Waals surface area contributed by atoms with Crippen LogP contribution in [0.15, 0.2) is 364 Å². The average molecular weight is 1310 g/mol. The van der Waals surface area contributed by atoms with E-state index in [2.05, 4.69) is 374 Å². The molecule has 0 saturated heterocycles. The fraction of sp³-hybridized carbons (Fsp3) is 0. The second-order valence-corrected chi connectivity index (χ2v) is 28.3. The van der Waals surface area contributed by atoms with Crippen LogP contribution < -0.4 is 9.80 Å². The Labute approximate surface area is 587 Å². The van der Waals surface area contributed by atoms with E-state index in [-0.39, 0.29) is 0 Å². The van der Waals surface area contributed by atoms with Gasteiger partial charge in [0.25, 0.3) is 0 Å². The SMILES string of the molecule is c1ccc(N(c2ccc3sc4ccccc4c3c2)c2ccc(-c3ccc(N(c4ccccc4-c4cccc5ccccc45)c4cccc5c4sc4ccccc45)c(-c4cc5ccccc5c5ccccc45)c3)cc2-c2cc3ccccc3c3ccccc23)c(-c2cccc3ccccc23)c1. The lowest BCUT2D eigenvalue weighted by molar-refractivity contribution is 1.29. The topological polar surface area (TPSA) is 6.48 Å². The Kier molecular flexibility index (Phi) is 13.7. The Morgan fingerprint density at radius 3 is 1.11 bits per heavy atom. The van der Waals surface area contributed by atoms with E-state index in [4.69, 9.17) is 0 Å². The fourth-order valence-corrected chi connectivity index (χ4v) is 18.4. The van der Waals surface area contributed by atoms with Crippen molar-refractivity contribution in [1.82, 2.24) is 0 Å². The third-order valence-corrected chi connectivity index (χ3v) is 23.0. The Morgan fingerprint density at radius 1 is 0.170 bits per heavy atom. The van der Waals surface area contributed by atoms with Crippen molar-refractivity contribution in [2.24, 2.45) is 0 Å². The average Bonchev–Trinajstić information content (AvgIpc) is 1.42. The molecule has 100 heavy (non-hydrogen) atoms. The molecule has 2 heterocycles. The molecule has 0 aliphatic rings. The monoisotopic (exact) mass is 1300 g/mol. The summed E-state index contributed by atoms with van der Waals surface area (Å²) in [4.78, 5) is 5.15. The zero-order valence-electron chi connectivity index (χ0n) is 54.4. The van der Waals surface area contributed by atoms with Crippen molar-refractivity contribution in [3.63, 3.8) is 0 Å². The van der Waals surface area contributed by atoms with Crippen LogP contribution in [0.1, 0.15) is 0 Å². The van der Waals surface area contributed by atoms with E-state index in [1.54, 1.807) is 0 Å². The van der Waals surface area contributed by atoms with Crippen LogP contribution >= 0.6 is 22.7 Å². The summed E-state index contributed by atoms with van der Waals surface area (Å²) in [5, 5.41) is 19.5. The lowest BCUT2D eigenvalue weighted by atomic mass is 9.88. The van der Waals surface area contributed by atoms with Crippen molar-refractivity contribution in [1.29, 1.82) is 0 Å². The molecule has 20 aromatic rings. The zero-order valence-corrected chi connectivity index (χ0v) is 56.0. The lowest BCUT2D eigenvalue weighted by Crippen LogP contribution is -2.13. The molecule has 0 bridgehead atoms. The Bertz CT molecular complexity index is 6700. The molecule has 0 radical (unpaired) electrons. The van der Waals surface area contributed by atoms with Crippen LogP contribution in [-0.2, 0) is 0 Å². The number of benzene rings is 18. The first-order valence-electron chi connectivity index (χ1n) is 34.3. The van der Waals surface area contributed by atoms with Gasteiger partial charge in [0.2, 0.25) is 0 Å². The van der Waals surface area contributed by atoms with E-state index in [0.29, 0.717) is 0 Å². The molecule has 2 nitrogen and oxygen atoms in total. The molecule has 0 aliphatic heterocycles. The van der Waals surface area contributed by atoms with Crippen LogP contribution in [0.4, 0.5) is 34.1 Å². The van der Waals surface area contributed by atoms with Gasteiger partial charge in [-0.15, -0.1) is 22.7 Å². The molecule has 0 atom stereocenters. The predicted octanol–water partition coefficient (Wildman–Crippen LogP) is 28.6. The van der Waals surface area contributed by atoms with Crippen molar-refractivity contribution in [2.45, 2.75) is 0 Å². The van der Waals surface area contributed by atoms with Crippen LogP contribution in [0, 0.1) is 0 Å². The molecule has 466 valence electrons. The quantitative estimate of drug-likeness (QED) is 0.119. The largest absolute Gasteiger partial charge is 0.309 e. The number of fused-ring (bicyclic) bond motifs is 14. The molecule has 0 saturated carbocycles. The van der Waals surface area contributed by atoms with Gasteiger partial charge >= 0.3 is 0 Å². The highest BCUT2D eigenvalue weighted by molar-refractivity contribution is 7.26. The Morgan fingerprint density at radius 2 is 0.540 bits per heavy atom. The Balaban J connectivity index is 0.889. The molecule has 0 aliphatic carbocycles. The first kappa shape index (κ1) is 57.8. The van der Waals surface area contributed by atoms with Crippen LogP contribution in [0.5, 0.6) is 0 Å². The van der Waals surface area contributed by atoms with E-state index < -0.39 is 0 Å². The summed E-state index contributed by atoms with van der Waals surface area (Å²) in [5.41, 5.74) is 17.9. The molecular formula is C96H60N2S2. The van der Waals surface area contributed by atoms with Gasteiger partial charge in [-0.25, -0.2) is 0 Å². The number of hydrogen-bond donors (Lipinski definition) is 0. The number of hydrogen-bond acceptors (Lipinski definition) is 4. The zero-order chi connectivity index (χ0) is 65.8. The second-order valence-electron chi connectivity index (χ2n) is 26.1. The van der Waals surface area contributed by atoms with Gasteiger partial charge in [0.15, 0.2) is 0 Å². The van der Waals surface area contributed by atoms with Crippen LogP contribution in [0.2, 0.25) is 0 Å². The molecule has 0 amide bonds. The molecular weight excluding hydrogens is 1250 g/mol. The van der Waals surface area contributed by atoms with Crippen molar-refractivity contribution < 1.29 is 0 Å². The van der Waals surface area contributed by atoms with Gasteiger partial charge in [0.1, 0.15) is 0 Å². The minimum absolute atomic E-state index is 1.07. The first-order chi connectivity index (χ1) is 49.6. The maximum atomic E-state index is 2.59. The fourth-order valence-electron chi connectivity index (χ4n) is 16.1. The van der Waals surface area contributed by atoms with Gasteiger partial charge in [-0.2, -0.15) is 0 Å². The van der Waals surface area contributed by atoms with Crippen molar-refractivity contribution in [3.8, 4) is 55.6 Å². The molecule has 0 spiro atoms. The van der Waals surface area contributed by atoms with Crippen LogP contribution in [-0.4, -0.2) is 0 Å².